The molecule has 0 aromatic rings. The van der Waals surface area contributed by atoms with Crippen molar-refractivity contribution >= 4 is 0 Å². The first-order chi connectivity index (χ1) is 6.95. The van der Waals surface area contributed by atoms with Crippen molar-refractivity contribution in [1.82, 2.24) is 0 Å². The van der Waals surface area contributed by atoms with Crippen LogP contribution in [0.25, 0.3) is 0 Å². The van der Waals surface area contributed by atoms with Crippen LogP contribution in [0.3, 0.4) is 0 Å². The highest BCUT2D eigenvalue weighted by Crippen LogP contribution is 2.25. The van der Waals surface area contributed by atoms with Gasteiger partial charge in [-0.05, 0) is 6.42 Å². The van der Waals surface area contributed by atoms with Crippen molar-refractivity contribution in [3.63, 3.8) is 0 Å². The minimum absolute atomic E-state index is 0.0655. The van der Waals surface area contributed by atoms with E-state index < -0.39 is 31.9 Å². The zero-order valence-corrected chi connectivity index (χ0v) is 7.15. The van der Waals surface area contributed by atoms with Gasteiger partial charge in [0, 0.05) is 6.08 Å². The molecule has 0 aromatic heterocycles. The third kappa shape index (κ3) is 1.95. The summed E-state index contributed by atoms with van der Waals surface area (Å²) in [5.74, 6) is 0. The maximum absolute atomic E-state index is 10.5. The Balaban J connectivity index is 3.33. The lowest BCUT2D eigenvalue weighted by Gasteiger charge is -2.03. The minimum atomic E-state index is -1.12. The molecule has 0 fully saturated rings. The lowest BCUT2D eigenvalue weighted by atomic mass is 10.1. The lowest BCUT2D eigenvalue weighted by molar-refractivity contribution is -0.500. The van der Waals surface area contributed by atoms with Crippen LogP contribution in [0.4, 0.5) is 0 Å². The molecule has 0 aromatic carbocycles. The molecule has 0 amide bonds. The van der Waals surface area contributed by atoms with Gasteiger partial charge in [0.05, 0.1) is 21.2 Å². The van der Waals surface area contributed by atoms with Crippen molar-refractivity contribution in [2.24, 2.45) is 0 Å². The number of nitro groups is 3. The summed E-state index contributed by atoms with van der Waals surface area (Å²) in [5, 5.41) is 31.3. The highest BCUT2D eigenvalue weighted by Gasteiger charge is 2.42. The van der Waals surface area contributed by atoms with Gasteiger partial charge in [0.2, 0.25) is 0 Å². The predicted molar refractivity (Wildman–Crippen MR) is 45.0 cm³/mol. The van der Waals surface area contributed by atoms with Crippen LogP contribution < -0.4 is 0 Å². The molecule has 9 nitrogen and oxygen atoms in total. The fraction of sp³-hybridized carbons (Fsp3) is 0.167. The molecule has 1 aliphatic carbocycles. The molecular weight excluding hydrogens is 210 g/mol. The van der Waals surface area contributed by atoms with Crippen LogP contribution in [-0.2, 0) is 0 Å². The van der Waals surface area contributed by atoms with Crippen LogP contribution in [0.1, 0.15) is 6.42 Å². The van der Waals surface area contributed by atoms with Gasteiger partial charge in [0.15, 0.2) is 0 Å². The predicted octanol–water partition coefficient (Wildman–Crippen LogP) is 0.520. The average Bonchev–Trinajstić information content (AvgIpc) is 2.16. The molecule has 1 aliphatic rings. The number of allylic oxidation sites excluding steroid dienone is 2. The molecule has 0 saturated heterocycles. The molecule has 0 heterocycles. The smallest absolute Gasteiger partial charge is 0.258 e. The van der Waals surface area contributed by atoms with Crippen LogP contribution in [0, 0.1) is 36.8 Å². The Kier molecular flexibility index (Phi) is 2.74. The summed E-state index contributed by atoms with van der Waals surface area (Å²) >= 11 is 0. The van der Waals surface area contributed by atoms with E-state index in [-0.39, 0.29) is 6.42 Å². The Morgan fingerprint density at radius 3 is 2.00 bits per heavy atom. The zero-order chi connectivity index (χ0) is 11.6. The molecule has 79 valence electrons. The fourth-order valence-corrected chi connectivity index (χ4v) is 1.12. The van der Waals surface area contributed by atoms with Gasteiger partial charge in [-0.2, -0.15) is 0 Å². The highest BCUT2D eigenvalue weighted by atomic mass is 16.6. The normalized spacial score (nSPS) is 15.9. The van der Waals surface area contributed by atoms with E-state index in [4.69, 9.17) is 0 Å². The first-order valence-corrected chi connectivity index (χ1v) is 3.66. The van der Waals surface area contributed by atoms with E-state index in [1.165, 1.54) is 0 Å². The second-order valence-corrected chi connectivity index (χ2v) is 2.53. The van der Waals surface area contributed by atoms with Crippen molar-refractivity contribution in [2.45, 2.75) is 6.42 Å². The molecule has 1 radical (unpaired) electrons. The Labute approximate surface area is 82.1 Å². The van der Waals surface area contributed by atoms with Crippen molar-refractivity contribution < 1.29 is 14.8 Å². The summed E-state index contributed by atoms with van der Waals surface area (Å²) in [6, 6.07) is 0. The second-order valence-electron chi connectivity index (χ2n) is 2.53. The molecule has 0 bridgehead atoms. The topological polar surface area (TPSA) is 129 Å². The van der Waals surface area contributed by atoms with Crippen LogP contribution in [-0.4, -0.2) is 14.8 Å². The van der Waals surface area contributed by atoms with Gasteiger partial charge in [-0.15, -0.1) is 0 Å². The van der Waals surface area contributed by atoms with Crippen molar-refractivity contribution in [1.29, 1.82) is 0 Å². The largest absolute Gasteiger partial charge is 0.417 e. The van der Waals surface area contributed by atoms with E-state index in [2.05, 4.69) is 0 Å². The van der Waals surface area contributed by atoms with Gasteiger partial charge >= 0.3 is 17.1 Å². The molecule has 0 spiro atoms. The molecule has 0 N–H and O–H groups in total. The lowest BCUT2D eigenvalue weighted by Crippen LogP contribution is -2.19. The summed E-state index contributed by atoms with van der Waals surface area (Å²) in [6.45, 7) is 0. The molecule has 0 unspecified atom stereocenters. The summed E-state index contributed by atoms with van der Waals surface area (Å²) < 4.78 is 0. The number of hydrogen-bond acceptors (Lipinski definition) is 6. The second kappa shape index (κ2) is 3.82. The summed E-state index contributed by atoms with van der Waals surface area (Å²) in [6.07, 6.45) is 1.86. The Hall–Kier alpha value is -2.32. The van der Waals surface area contributed by atoms with Crippen LogP contribution in [0.2, 0.25) is 0 Å². The SMILES string of the molecule is O=[N+]([O-])C1=CC[CH]C([N+](=O)[O-])=C1[N+](=O)[O-]. The number of nitrogens with zero attached hydrogens (tertiary/aromatic N) is 3. The van der Waals surface area contributed by atoms with Crippen molar-refractivity contribution in [3.05, 3.63) is 59.9 Å². The van der Waals surface area contributed by atoms with Crippen molar-refractivity contribution in [3.8, 4) is 0 Å². The molecular formula is C6H4N3O6. The van der Waals surface area contributed by atoms with Crippen LogP contribution >= 0.6 is 0 Å². The zero-order valence-electron chi connectivity index (χ0n) is 7.15. The van der Waals surface area contributed by atoms with Gasteiger partial charge in [0.1, 0.15) is 0 Å². The molecule has 9 heteroatoms. The fourth-order valence-electron chi connectivity index (χ4n) is 1.12. The third-order valence-corrected chi connectivity index (χ3v) is 1.68. The van der Waals surface area contributed by atoms with E-state index in [1.54, 1.807) is 0 Å². The first kappa shape index (κ1) is 10.8. The Bertz CT molecular complexity index is 409. The van der Waals surface area contributed by atoms with E-state index in [1.807, 2.05) is 0 Å². The average molecular weight is 214 g/mol. The molecule has 15 heavy (non-hydrogen) atoms. The quantitative estimate of drug-likeness (QED) is 0.497. The van der Waals surface area contributed by atoms with Gasteiger partial charge in [0.25, 0.3) is 0 Å². The van der Waals surface area contributed by atoms with E-state index in [9.17, 15) is 30.3 Å². The maximum atomic E-state index is 10.5. The van der Waals surface area contributed by atoms with E-state index >= 15 is 0 Å². The third-order valence-electron chi connectivity index (χ3n) is 1.68. The van der Waals surface area contributed by atoms with Gasteiger partial charge in [-0.3, -0.25) is 30.3 Å². The monoisotopic (exact) mass is 214 g/mol. The van der Waals surface area contributed by atoms with E-state index in [0.717, 1.165) is 12.5 Å². The number of rotatable bonds is 3. The highest BCUT2D eigenvalue weighted by molar-refractivity contribution is 5.30. The Morgan fingerprint density at radius 2 is 1.60 bits per heavy atom. The van der Waals surface area contributed by atoms with Gasteiger partial charge < -0.3 is 0 Å². The maximum Gasteiger partial charge on any atom is 0.417 e. The van der Waals surface area contributed by atoms with Gasteiger partial charge in [-0.1, -0.05) is 0 Å². The number of hydrogen-bond donors (Lipinski definition) is 0. The Morgan fingerprint density at radius 1 is 1.00 bits per heavy atom. The summed E-state index contributed by atoms with van der Waals surface area (Å²) in [4.78, 5) is 28.1. The summed E-state index contributed by atoms with van der Waals surface area (Å²) in [5.41, 5.74) is -2.75. The van der Waals surface area contributed by atoms with Crippen LogP contribution in [0.15, 0.2) is 23.2 Å². The van der Waals surface area contributed by atoms with Crippen molar-refractivity contribution in [2.75, 3.05) is 0 Å². The molecule has 1 rings (SSSR count). The molecule has 0 atom stereocenters. The summed E-state index contributed by atoms with van der Waals surface area (Å²) in [7, 11) is 0. The van der Waals surface area contributed by atoms with E-state index in [0.29, 0.717) is 0 Å². The van der Waals surface area contributed by atoms with Gasteiger partial charge in [-0.25, -0.2) is 0 Å². The molecule has 0 aliphatic heterocycles. The molecule has 0 saturated carbocycles. The standard InChI is InChI=1S/C6H4N3O6/c10-7(11)4-2-1-3-5(8(12)13)6(4)9(14)15/h2-3H,1H2. The first-order valence-electron chi connectivity index (χ1n) is 3.66. The minimum Gasteiger partial charge on any atom is -0.258 e. The van der Waals surface area contributed by atoms with Crippen LogP contribution in [0.5, 0.6) is 0 Å².